The van der Waals surface area contributed by atoms with E-state index in [4.69, 9.17) is 26.1 Å². The molecule has 1 aliphatic rings. The van der Waals surface area contributed by atoms with Crippen LogP contribution in [0.3, 0.4) is 0 Å². The van der Waals surface area contributed by atoms with E-state index < -0.39 is 4.92 Å². The first kappa shape index (κ1) is 20.0. The fourth-order valence-corrected chi connectivity index (χ4v) is 4.40. The van der Waals surface area contributed by atoms with Gasteiger partial charge in [-0.15, -0.1) is 11.3 Å². The van der Waals surface area contributed by atoms with E-state index in [1.165, 1.54) is 18.2 Å². The third-order valence-electron chi connectivity index (χ3n) is 4.84. The Morgan fingerprint density at radius 3 is 2.76 bits per heavy atom. The van der Waals surface area contributed by atoms with Crippen molar-refractivity contribution in [2.75, 3.05) is 26.3 Å². The minimum absolute atomic E-state index is 0.0919. The lowest BCUT2D eigenvalue weighted by Gasteiger charge is -2.25. The van der Waals surface area contributed by atoms with Crippen LogP contribution in [0, 0.1) is 24.0 Å². The van der Waals surface area contributed by atoms with E-state index in [0.29, 0.717) is 37.2 Å². The molecular formula is C19H19ClN4O4S. The number of aromatic nitrogens is 2. The van der Waals surface area contributed by atoms with Crippen LogP contribution in [-0.2, 0) is 11.3 Å². The number of fused-ring (bicyclic) bond motifs is 1. The van der Waals surface area contributed by atoms with Crippen LogP contribution >= 0.6 is 22.9 Å². The SMILES string of the molecule is Cc1sc2nc(CN3CCOCC3)nc(Oc3ccc([N+](=O)[O-])cc3Cl)c2c1C. The number of aryl methyl sites for hydroxylation is 2. The summed E-state index contributed by atoms with van der Waals surface area (Å²) in [5, 5.41) is 12.0. The van der Waals surface area contributed by atoms with Gasteiger partial charge < -0.3 is 9.47 Å². The molecule has 8 nitrogen and oxygen atoms in total. The summed E-state index contributed by atoms with van der Waals surface area (Å²) < 4.78 is 11.4. The molecule has 2 aromatic heterocycles. The Hall–Kier alpha value is -2.33. The maximum atomic E-state index is 11.0. The summed E-state index contributed by atoms with van der Waals surface area (Å²) >= 11 is 7.82. The number of ether oxygens (including phenoxy) is 2. The number of nitro benzene ring substituents is 1. The molecule has 0 spiro atoms. The summed E-state index contributed by atoms with van der Waals surface area (Å²) in [6.07, 6.45) is 0. The maximum Gasteiger partial charge on any atom is 0.271 e. The zero-order chi connectivity index (χ0) is 20.5. The minimum atomic E-state index is -0.495. The predicted molar refractivity (Wildman–Crippen MR) is 111 cm³/mol. The topological polar surface area (TPSA) is 90.6 Å². The monoisotopic (exact) mass is 434 g/mol. The molecule has 0 atom stereocenters. The average molecular weight is 435 g/mol. The molecule has 0 bridgehead atoms. The number of non-ortho nitro benzene ring substituents is 1. The van der Waals surface area contributed by atoms with Crippen molar-refractivity contribution in [2.45, 2.75) is 20.4 Å². The number of halogens is 1. The highest BCUT2D eigenvalue weighted by molar-refractivity contribution is 7.18. The summed E-state index contributed by atoms with van der Waals surface area (Å²) in [5.41, 5.74) is 0.960. The van der Waals surface area contributed by atoms with Gasteiger partial charge in [-0.2, -0.15) is 4.98 Å². The average Bonchev–Trinajstić information content (AvgIpc) is 2.98. The summed E-state index contributed by atoms with van der Waals surface area (Å²) in [6.45, 7) is 7.68. The first-order valence-electron chi connectivity index (χ1n) is 9.11. The minimum Gasteiger partial charge on any atom is -0.437 e. The number of benzene rings is 1. The van der Waals surface area contributed by atoms with Crippen molar-refractivity contribution in [2.24, 2.45) is 0 Å². The number of morpholine rings is 1. The van der Waals surface area contributed by atoms with E-state index >= 15 is 0 Å². The molecule has 4 rings (SSSR count). The zero-order valence-electron chi connectivity index (χ0n) is 16.0. The second-order valence-electron chi connectivity index (χ2n) is 6.77. The van der Waals surface area contributed by atoms with E-state index in [1.807, 2.05) is 13.8 Å². The highest BCUT2D eigenvalue weighted by atomic mass is 35.5. The zero-order valence-corrected chi connectivity index (χ0v) is 17.5. The molecule has 0 aliphatic carbocycles. The molecule has 0 N–H and O–H groups in total. The molecule has 1 aromatic carbocycles. The molecule has 0 amide bonds. The lowest BCUT2D eigenvalue weighted by atomic mass is 10.2. The Morgan fingerprint density at radius 1 is 1.31 bits per heavy atom. The van der Waals surface area contributed by atoms with Crippen LogP contribution in [0.1, 0.15) is 16.3 Å². The highest BCUT2D eigenvalue weighted by Crippen LogP contribution is 2.39. The van der Waals surface area contributed by atoms with Crippen molar-refractivity contribution in [3.8, 4) is 11.6 Å². The first-order valence-corrected chi connectivity index (χ1v) is 10.3. The second kappa shape index (κ2) is 8.19. The number of nitro groups is 1. The van der Waals surface area contributed by atoms with Gasteiger partial charge in [-0.3, -0.25) is 15.0 Å². The molecule has 3 aromatic rings. The van der Waals surface area contributed by atoms with Crippen LogP contribution in [0.2, 0.25) is 5.02 Å². The predicted octanol–water partition coefficient (Wildman–Crippen LogP) is 4.49. The number of nitrogens with zero attached hydrogens (tertiary/aromatic N) is 4. The fourth-order valence-electron chi connectivity index (χ4n) is 3.15. The van der Waals surface area contributed by atoms with E-state index in [0.717, 1.165) is 33.7 Å². The van der Waals surface area contributed by atoms with E-state index in [9.17, 15) is 10.1 Å². The van der Waals surface area contributed by atoms with Gasteiger partial charge >= 0.3 is 0 Å². The number of hydrogen-bond acceptors (Lipinski definition) is 8. The van der Waals surface area contributed by atoms with Crippen LogP contribution in [0.4, 0.5) is 5.69 Å². The van der Waals surface area contributed by atoms with Crippen LogP contribution in [-0.4, -0.2) is 46.1 Å². The third-order valence-corrected chi connectivity index (χ3v) is 6.24. The maximum absolute atomic E-state index is 11.0. The van der Waals surface area contributed by atoms with E-state index in [2.05, 4.69) is 9.88 Å². The molecule has 152 valence electrons. The Kier molecular flexibility index (Phi) is 5.64. The Labute approximate surface area is 176 Å². The number of hydrogen-bond donors (Lipinski definition) is 0. The van der Waals surface area contributed by atoms with Gasteiger partial charge in [-0.05, 0) is 25.5 Å². The number of rotatable bonds is 5. The van der Waals surface area contributed by atoms with Gasteiger partial charge in [0.1, 0.15) is 16.4 Å². The summed E-state index contributed by atoms with van der Waals surface area (Å²) in [6, 6.07) is 4.13. The fraction of sp³-hybridized carbons (Fsp3) is 0.368. The molecule has 1 saturated heterocycles. The molecule has 0 unspecified atom stereocenters. The normalized spacial score (nSPS) is 15.0. The lowest BCUT2D eigenvalue weighted by molar-refractivity contribution is -0.384. The lowest BCUT2D eigenvalue weighted by Crippen LogP contribution is -2.36. The molecule has 0 saturated carbocycles. The van der Waals surface area contributed by atoms with Gasteiger partial charge in [0.05, 0.1) is 35.1 Å². The van der Waals surface area contributed by atoms with Crippen LogP contribution in [0.25, 0.3) is 10.2 Å². The molecule has 10 heteroatoms. The van der Waals surface area contributed by atoms with Crippen LogP contribution in [0.15, 0.2) is 18.2 Å². The molecule has 29 heavy (non-hydrogen) atoms. The highest BCUT2D eigenvalue weighted by Gasteiger charge is 2.20. The Morgan fingerprint density at radius 2 is 2.07 bits per heavy atom. The Bertz CT molecular complexity index is 1080. The van der Waals surface area contributed by atoms with Crippen LogP contribution < -0.4 is 4.74 Å². The van der Waals surface area contributed by atoms with Crippen molar-refractivity contribution in [3.63, 3.8) is 0 Å². The van der Waals surface area contributed by atoms with Crippen molar-refractivity contribution >= 4 is 38.8 Å². The van der Waals surface area contributed by atoms with Crippen molar-refractivity contribution in [1.82, 2.24) is 14.9 Å². The van der Waals surface area contributed by atoms with E-state index in [1.54, 1.807) is 11.3 Å². The van der Waals surface area contributed by atoms with Gasteiger partial charge in [-0.25, -0.2) is 4.98 Å². The van der Waals surface area contributed by atoms with Gasteiger partial charge in [-0.1, -0.05) is 11.6 Å². The molecule has 1 fully saturated rings. The second-order valence-corrected chi connectivity index (χ2v) is 8.38. The standard InChI is InChI=1S/C19H19ClN4O4S/c1-11-12(2)29-19-17(11)18(21-16(22-19)10-23-5-7-27-8-6-23)28-15-4-3-13(24(25)26)9-14(15)20/h3-4,9H,5-8,10H2,1-2H3. The first-order chi connectivity index (χ1) is 13.9. The largest absolute Gasteiger partial charge is 0.437 e. The van der Waals surface area contributed by atoms with Crippen molar-refractivity contribution < 1.29 is 14.4 Å². The van der Waals surface area contributed by atoms with Gasteiger partial charge in [0, 0.05) is 30.1 Å². The summed E-state index contributed by atoms with van der Waals surface area (Å²) in [5.74, 6) is 1.39. The number of thiophene rings is 1. The van der Waals surface area contributed by atoms with Gasteiger partial charge in [0.15, 0.2) is 0 Å². The smallest absolute Gasteiger partial charge is 0.271 e. The molecular weight excluding hydrogens is 416 g/mol. The van der Waals surface area contributed by atoms with Crippen molar-refractivity contribution in [3.05, 3.63) is 49.6 Å². The molecule has 1 aliphatic heterocycles. The Balaban J connectivity index is 1.72. The third kappa shape index (κ3) is 4.18. The quantitative estimate of drug-likeness (QED) is 0.431. The van der Waals surface area contributed by atoms with E-state index in [-0.39, 0.29) is 10.7 Å². The molecule has 0 radical (unpaired) electrons. The summed E-state index contributed by atoms with van der Waals surface area (Å²) in [7, 11) is 0. The summed E-state index contributed by atoms with van der Waals surface area (Å²) in [4.78, 5) is 24.1. The van der Waals surface area contributed by atoms with Gasteiger partial charge in [0.25, 0.3) is 5.69 Å². The van der Waals surface area contributed by atoms with Crippen LogP contribution in [0.5, 0.6) is 11.6 Å². The van der Waals surface area contributed by atoms with Gasteiger partial charge in [0.2, 0.25) is 5.88 Å². The molecule has 3 heterocycles. The van der Waals surface area contributed by atoms with Crippen molar-refractivity contribution in [1.29, 1.82) is 0 Å².